The minimum atomic E-state index is 0. The molecule has 2 aliphatic heterocycles. The van der Waals surface area contributed by atoms with E-state index in [1.54, 1.807) is 0 Å². The topological polar surface area (TPSA) is 36.4 Å². The van der Waals surface area contributed by atoms with Crippen molar-refractivity contribution in [3.63, 3.8) is 0 Å². The number of carbonyl (C=O) groups is 1. The largest absolute Gasteiger partial charge is 0.315 e. The van der Waals surface area contributed by atoms with E-state index in [2.05, 4.69) is 61.2 Å². The van der Waals surface area contributed by atoms with Crippen molar-refractivity contribution >= 4 is 47.3 Å². The first kappa shape index (κ1) is 26.5. The Morgan fingerprint density at radius 1 is 0.971 bits per heavy atom. The lowest BCUT2D eigenvalue weighted by Gasteiger charge is -2.33. The van der Waals surface area contributed by atoms with Crippen LogP contribution >= 0.6 is 24.8 Å². The molecule has 1 fully saturated rings. The Kier molecular flexibility index (Phi) is 8.62. The third-order valence-electron chi connectivity index (χ3n) is 7.58. The molecule has 1 saturated heterocycles. The summed E-state index contributed by atoms with van der Waals surface area (Å²) in [4.78, 5) is 21.3. The molecule has 4 nitrogen and oxygen atoms in total. The van der Waals surface area contributed by atoms with Gasteiger partial charge in [0.25, 0.3) is 0 Å². The lowest BCUT2D eigenvalue weighted by atomic mass is 9.86. The maximum Gasteiger partial charge on any atom is 0.227 e. The Morgan fingerprint density at radius 3 is 2.50 bits per heavy atom. The molecule has 5 rings (SSSR count). The number of carbonyl (C=O) groups excluding carboxylic acids is 1. The standard InChI is InChI=1S/C28H33N3O.2ClH/c1-19-7-11-27-25(10-12-28(32)30(27)3)22(19)15-18-31-16-13-21(14-17-31)23-5-4-6-26-24(23)9-8-20(2)29-26;;/h4-9,11,21H,10,12-18H2,1-3H3;2*1H. The second-order valence-corrected chi connectivity index (χ2v) is 9.54. The van der Waals surface area contributed by atoms with E-state index in [4.69, 9.17) is 4.98 Å². The van der Waals surface area contributed by atoms with E-state index in [0.29, 0.717) is 12.3 Å². The first-order valence-corrected chi connectivity index (χ1v) is 12.0. The molecule has 0 saturated carbocycles. The number of amides is 1. The van der Waals surface area contributed by atoms with Crippen molar-refractivity contribution in [1.82, 2.24) is 9.88 Å². The van der Waals surface area contributed by atoms with Crippen LogP contribution in [0.25, 0.3) is 10.9 Å². The van der Waals surface area contributed by atoms with E-state index in [9.17, 15) is 4.79 Å². The summed E-state index contributed by atoms with van der Waals surface area (Å²) in [5, 5.41) is 1.32. The van der Waals surface area contributed by atoms with Gasteiger partial charge >= 0.3 is 0 Å². The predicted molar refractivity (Wildman–Crippen MR) is 146 cm³/mol. The quantitative estimate of drug-likeness (QED) is 0.439. The summed E-state index contributed by atoms with van der Waals surface area (Å²) in [7, 11) is 1.91. The van der Waals surface area contributed by atoms with Crippen LogP contribution in [-0.4, -0.2) is 42.5 Å². The van der Waals surface area contributed by atoms with Crippen LogP contribution in [0.4, 0.5) is 5.69 Å². The SMILES string of the molecule is Cc1ccc2c(C3CCN(CCc4c(C)ccc5c4CCC(=O)N5C)CC3)cccc2n1.Cl.Cl. The van der Waals surface area contributed by atoms with Crippen molar-refractivity contribution in [2.24, 2.45) is 0 Å². The molecule has 0 aliphatic carbocycles. The summed E-state index contributed by atoms with van der Waals surface area (Å²) >= 11 is 0. The molecule has 34 heavy (non-hydrogen) atoms. The third kappa shape index (κ3) is 5.10. The second-order valence-electron chi connectivity index (χ2n) is 9.54. The summed E-state index contributed by atoms with van der Waals surface area (Å²) in [5.41, 5.74) is 8.99. The number of nitrogens with zero attached hydrogens (tertiary/aromatic N) is 3. The summed E-state index contributed by atoms with van der Waals surface area (Å²) in [6.45, 7) is 7.66. The van der Waals surface area contributed by atoms with Crippen LogP contribution in [0.15, 0.2) is 42.5 Å². The van der Waals surface area contributed by atoms with Gasteiger partial charge in [0.15, 0.2) is 0 Å². The molecule has 3 aromatic rings. The van der Waals surface area contributed by atoms with Gasteiger partial charge in [-0.1, -0.05) is 24.3 Å². The number of hydrogen-bond acceptors (Lipinski definition) is 3. The summed E-state index contributed by atoms with van der Waals surface area (Å²) < 4.78 is 0. The minimum absolute atomic E-state index is 0. The molecule has 1 amide bonds. The van der Waals surface area contributed by atoms with Crippen LogP contribution in [0.3, 0.4) is 0 Å². The monoisotopic (exact) mass is 499 g/mol. The Bertz CT molecular complexity index is 1170. The van der Waals surface area contributed by atoms with Crippen molar-refractivity contribution in [1.29, 1.82) is 0 Å². The fourth-order valence-corrected chi connectivity index (χ4v) is 5.65. The van der Waals surface area contributed by atoms with E-state index in [0.717, 1.165) is 49.4 Å². The van der Waals surface area contributed by atoms with Gasteiger partial charge in [0.2, 0.25) is 5.91 Å². The number of halogens is 2. The number of benzene rings is 2. The van der Waals surface area contributed by atoms with E-state index in [-0.39, 0.29) is 30.7 Å². The molecule has 0 spiro atoms. The molecular weight excluding hydrogens is 465 g/mol. The number of piperidine rings is 1. The van der Waals surface area contributed by atoms with Crippen LogP contribution in [-0.2, 0) is 17.6 Å². The molecule has 0 N–H and O–H groups in total. The Morgan fingerprint density at radius 2 is 1.74 bits per heavy atom. The Balaban J connectivity index is 0.00000162. The smallest absolute Gasteiger partial charge is 0.227 e. The molecule has 0 radical (unpaired) electrons. The van der Waals surface area contributed by atoms with Gasteiger partial charge in [0.1, 0.15) is 0 Å². The summed E-state index contributed by atoms with van der Waals surface area (Å²) in [6.07, 6.45) is 4.99. The lowest BCUT2D eigenvalue weighted by molar-refractivity contribution is -0.118. The van der Waals surface area contributed by atoms with Gasteiger partial charge in [-0.2, -0.15) is 0 Å². The van der Waals surface area contributed by atoms with E-state index < -0.39 is 0 Å². The van der Waals surface area contributed by atoms with Gasteiger partial charge in [-0.25, -0.2) is 0 Å². The lowest BCUT2D eigenvalue weighted by Crippen LogP contribution is -2.35. The number of aryl methyl sites for hydroxylation is 2. The van der Waals surface area contributed by atoms with Gasteiger partial charge < -0.3 is 9.80 Å². The van der Waals surface area contributed by atoms with E-state index in [1.807, 2.05) is 11.9 Å². The zero-order chi connectivity index (χ0) is 22.2. The molecule has 0 bridgehead atoms. The highest BCUT2D eigenvalue weighted by molar-refractivity contribution is 5.96. The zero-order valence-corrected chi connectivity index (χ0v) is 22.0. The Labute approximate surface area is 215 Å². The number of rotatable bonds is 4. The average Bonchev–Trinajstić information content (AvgIpc) is 2.80. The van der Waals surface area contributed by atoms with E-state index in [1.165, 1.54) is 40.5 Å². The maximum absolute atomic E-state index is 12.1. The molecule has 6 heteroatoms. The number of anilines is 1. The number of hydrogen-bond donors (Lipinski definition) is 0. The molecule has 0 atom stereocenters. The average molecular weight is 501 g/mol. The molecule has 0 unspecified atom stereocenters. The fourth-order valence-electron chi connectivity index (χ4n) is 5.65. The first-order chi connectivity index (χ1) is 15.5. The normalized spacial score (nSPS) is 16.7. The van der Waals surface area contributed by atoms with Crippen LogP contribution in [0.5, 0.6) is 0 Å². The van der Waals surface area contributed by atoms with Crippen molar-refractivity contribution in [2.45, 2.75) is 51.9 Å². The minimum Gasteiger partial charge on any atom is -0.315 e. The van der Waals surface area contributed by atoms with Gasteiger partial charge in [-0.3, -0.25) is 9.78 Å². The molecule has 1 aromatic heterocycles. The Hall–Kier alpha value is -2.14. The van der Waals surface area contributed by atoms with Crippen molar-refractivity contribution < 1.29 is 4.79 Å². The highest BCUT2D eigenvalue weighted by Gasteiger charge is 2.25. The molecular formula is C28H35Cl2N3O. The fraction of sp³-hybridized carbons (Fsp3) is 0.429. The first-order valence-electron chi connectivity index (χ1n) is 12.0. The summed E-state index contributed by atoms with van der Waals surface area (Å²) in [5.74, 6) is 0.846. The van der Waals surface area contributed by atoms with Gasteiger partial charge in [0, 0.05) is 36.8 Å². The van der Waals surface area contributed by atoms with Crippen LogP contribution in [0.2, 0.25) is 0 Å². The maximum atomic E-state index is 12.1. The van der Waals surface area contributed by atoms with Crippen molar-refractivity contribution in [2.75, 3.05) is 31.6 Å². The molecule has 2 aliphatic rings. The van der Waals surface area contributed by atoms with Crippen molar-refractivity contribution in [3.05, 3.63) is 70.4 Å². The highest BCUT2D eigenvalue weighted by Crippen LogP contribution is 2.34. The van der Waals surface area contributed by atoms with Gasteiger partial charge in [-0.05, 0) is 99.0 Å². The number of aromatic nitrogens is 1. The van der Waals surface area contributed by atoms with Crippen molar-refractivity contribution in [3.8, 4) is 0 Å². The summed E-state index contributed by atoms with van der Waals surface area (Å²) in [6, 6.07) is 15.3. The van der Waals surface area contributed by atoms with E-state index >= 15 is 0 Å². The number of fused-ring (bicyclic) bond motifs is 2. The number of likely N-dealkylation sites (tertiary alicyclic amines) is 1. The van der Waals surface area contributed by atoms with Crippen LogP contribution < -0.4 is 4.90 Å². The zero-order valence-electron chi connectivity index (χ0n) is 20.3. The third-order valence-corrected chi connectivity index (χ3v) is 7.58. The van der Waals surface area contributed by atoms with Gasteiger partial charge in [0.05, 0.1) is 5.52 Å². The molecule has 2 aromatic carbocycles. The highest BCUT2D eigenvalue weighted by atomic mass is 35.5. The van der Waals surface area contributed by atoms with Crippen LogP contribution in [0, 0.1) is 13.8 Å². The van der Waals surface area contributed by atoms with Crippen LogP contribution in [0.1, 0.15) is 53.1 Å². The molecule has 3 heterocycles. The second kappa shape index (κ2) is 11.1. The molecule has 182 valence electrons. The number of pyridine rings is 1. The predicted octanol–water partition coefficient (Wildman–Crippen LogP) is 6.03. The van der Waals surface area contributed by atoms with Gasteiger partial charge in [-0.15, -0.1) is 24.8 Å².